The third kappa shape index (κ3) is 5.62. The van der Waals surface area contributed by atoms with Crippen molar-refractivity contribution < 1.29 is 4.42 Å². The van der Waals surface area contributed by atoms with Gasteiger partial charge in [0.2, 0.25) is 5.89 Å². The van der Waals surface area contributed by atoms with Gasteiger partial charge >= 0.3 is 0 Å². The molecule has 0 N–H and O–H groups in total. The van der Waals surface area contributed by atoms with Crippen LogP contribution in [0, 0.1) is 13.8 Å². The van der Waals surface area contributed by atoms with Crippen molar-refractivity contribution in [2.45, 2.75) is 13.8 Å². The van der Waals surface area contributed by atoms with E-state index in [1.54, 1.807) is 24.9 Å². The molecule has 0 bridgehead atoms. The quantitative estimate of drug-likeness (QED) is 0.184. The second-order valence-corrected chi connectivity index (χ2v) is 11.2. The Hall–Kier alpha value is -6.48. The zero-order valence-corrected chi connectivity index (χ0v) is 25.5. The van der Waals surface area contributed by atoms with E-state index in [0.717, 1.165) is 55.7 Å². The molecule has 4 aromatic carbocycles. The molecule has 0 fully saturated rings. The Morgan fingerprint density at radius 2 is 1.11 bits per heavy atom. The van der Waals surface area contributed by atoms with E-state index < -0.39 is 0 Å². The summed E-state index contributed by atoms with van der Waals surface area (Å²) >= 11 is 0. The van der Waals surface area contributed by atoms with Crippen molar-refractivity contribution in [2.75, 3.05) is 0 Å². The lowest BCUT2D eigenvalue weighted by Crippen LogP contribution is -2.00. The average molecular weight is 611 g/mol. The maximum absolute atomic E-state index is 6.11. The summed E-state index contributed by atoms with van der Waals surface area (Å²) < 4.78 is 6.11. The summed E-state index contributed by atoms with van der Waals surface area (Å²) in [5.74, 6) is 2.20. The van der Waals surface area contributed by atoms with E-state index in [1.165, 1.54) is 17.5 Å². The van der Waals surface area contributed by atoms with E-state index in [1.807, 2.05) is 84.9 Å². The Labute approximate surface area is 270 Å². The van der Waals surface area contributed by atoms with E-state index in [4.69, 9.17) is 24.4 Å². The van der Waals surface area contributed by atoms with Gasteiger partial charge in [-0.05, 0) is 73.0 Å². The van der Waals surface area contributed by atoms with Crippen LogP contribution >= 0.6 is 0 Å². The number of benzene rings is 4. The normalized spacial score (nSPS) is 11.2. The molecule has 8 rings (SSSR count). The zero-order chi connectivity index (χ0) is 31.7. The molecule has 0 saturated heterocycles. The number of fused-ring (bicyclic) bond motifs is 1. The molecule has 0 aliphatic rings. The average Bonchev–Trinajstić information content (AvgIpc) is 3.55. The highest BCUT2D eigenvalue weighted by molar-refractivity contribution is 5.79. The van der Waals surface area contributed by atoms with Gasteiger partial charge in [-0.1, -0.05) is 48.5 Å². The molecule has 0 unspecified atom stereocenters. The van der Waals surface area contributed by atoms with Crippen molar-refractivity contribution in [2.24, 2.45) is 0 Å². The van der Waals surface area contributed by atoms with Crippen LogP contribution in [0.15, 0.2) is 127 Å². The van der Waals surface area contributed by atoms with Crippen LogP contribution in [0.3, 0.4) is 0 Å². The van der Waals surface area contributed by atoms with Crippen LogP contribution in [0.2, 0.25) is 0 Å². The van der Waals surface area contributed by atoms with Crippen molar-refractivity contribution >= 4 is 11.1 Å². The number of hydrogen-bond donors (Lipinski definition) is 0. The number of hydrogen-bond acceptors (Lipinski definition) is 9. The zero-order valence-electron chi connectivity index (χ0n) is 25.5. The Balaban J connectivity index is 1.22. The molecule has 0 saturated carbocycles. The van der Waals surface area contributed by atoms with Gasteiger partial charge in [0.15, 0.2) is 23.1 Å². The van der Waals surface area contributed by atoms with Crippen molar-refractivity contribution in [1.29, 1.82) is 0 Å². The third-order valence-corrected chi connectivity index (χ3v) is 8.04. The van der Waals surface area contributed by atoms with Gasteiger partial charge < -0.3 is 4.42 Å². The van der Waals surface area contributed by atoms with Gasteiger partial charge in [0.25, 0.3) is 0 Å². The van der Waals surface area contributed by atoms with Gasteiger partial charge in [0.1, 0.15) is 18.2 Å². The minimum Gasteiger partial charge on any atom is -0.436 e. The Bertz CT molecular complexity index is 2230. The second kappa shape index (κ2) is 11.8. The van der Waals surface area contributed by atoms with Gasteiger partial charge in [0, 0.05) is 52.0 Å². The smallest absolute Gasteiger partial charge is 0.227 e. The maximum atomic E-state index is 6.11. The number of aryl methyl sites for hydroxylation is 2. The van der Waals surface area contributed by atoms with Crippen LogP contribution in [-0.4, -0.2) is 39.9 Å². The summed E-state index contributed by atoms with van der Waals surface area (Å²) in [5.41, 5.74) is 11.0. The molecule has 9 heteroatoms. The van der Waals surface area contributed by atoms with Gasteiger partial charge in [-0.15, -0.1) is 0 Å². The predicted octanol–water partition coefficient (Wildman–Crippen LogP) is 8.21. The van der Waals surface area contributed by atoms with Gasteiger partial charge in [-0.3, -0.25) is 0 Å². The monoisotopic (exact) mass is 610 g/mol. The lowest BCUT2D eigenvalue weighted by atomic mass is 10.0. The van der Waals surface area contributed by atoms with Crippen molar-refractivity contribution in [3.8, 4) is 68.0 Å². The van der Waals surface area contributed by atoms with E-state index in [0.29, 0.717) is 23.4 Å². The molecule has 0 aliphatic heterocycles. The molecule has 0 amide bonds. The predicted molar refractivity (Wildman–Crippen MR) is 181 cm³/mol. The molecule has 224 valence electrons. The third-order valence-electron chi connectivity index (χ3n) is 8.04. The van der Waals surface area contributed by atoms with Gasteiger partial charge in [0.05, 0.1) is 5.69 Å². The van der Waals surface area contributed by atoms with Crippen LogP contribution in [-0.2, 0) is 0 Å². The number of aromatic nitrogens is 8. The Morgan fingerprint density at radius 3 is 1.81 bits per heavy atom. The molecule has 4 aromatic heterocycles. The molecule has 0 spiro atoms. The molecule has 8 aromatic rings. The van der Waals surface area contributed by atoms with Gasteiger partial charge in [-0.2, -0.15) is 0 Å². The Morgan fingerprint density at radius 1 is 0.489 bits per heavy atom. The summed E-state index contributed by atoms with van der Waals surface area (Å²) in [6.45, 7) is 4.15. The van der Waals surface area contributed by atoms with Crippen molar-refractivity contribution in [3.63, 3.8) is 0 Å². The number of rotatable bonds is 6. The van der Waals surface area contributed by atoms with E-state index in [-0.39, 0.29) is 0 Å². The standard InChI is InChI=1S/C38H26N8O/c1-23-15-33-34(16-24(23)2)47-38(43-33)26-11-9-25(10-12-26)35-44-36(29-7-3-5-27(17-29)31-19-40-21-41-20-31)46-37(45-35)30-8-4-6-28(18-30)32-13-14-39-22-42-32/h3-22H,1-2H3. The van der Waals surface area contributed by atoms with Crippen molar-refractivity contribution in [3.05, 3.63) is 133 Å². The fourth-order valence-corrected chi connectivity index (χ4v) is 5.39. The first kappa shape index (κ1) is 28.0. The fraction of sp³-hybridized carbons (Fsp3) is 0.0526. The molecule has 0 radical (unpaired) electrons. The van der Waals surface area contributed by atoms with Gasteiger partial charge in [-0.25, -0.2) is 39.9 Å². The summed E-state index contributed by atoms with van der Waals surface area (Å²) in [5, 5.41) is 0. The van der Waals surface area contributed by atoms with E-state index in [2.05, 4.69) is 39.8 Å². The molecule has 4 heterocycles. The topological polar surface area (TPSA) is 116 Å². The van der Waals surface area contributed by atoms with E-state index >= 15 is 0 Å². The number of nitrogens with zero attached hydrogens (tertiary/aromatic N) is 8. The fourth-order valence-electron chi connectivity index (χ4n) is 5.39. The van der Waals surface area contributed by atoms with Crippen LogP contribution in [0.25, 0.3) is 79.1 Å². The first-order chi connectivity index (χ1) is 23.1. The first-order valence-electron chi connectivity index (χ1n) is 15.0. The highest BCUT2D eigenvalue weighted by Crippen LogP contribution is 2.31. The Kier molecular flexibility index (Phi) is 7.03. The lowest BCUT2D eigenvalue weighted by molar-refractivity contribution is 0.619. The second-order valence-electron chi connectivity index (χ2n) is 11.2. The molecule has 0 atom stereocenters. The molecular weight excluding hydrogens is 584 g/mol. The first-order valence-corrected chi connectivity index (χ1v) is 15.0. The van der Waals surface area contributed by atoms with Crippen LogP contribution in [0.4, 0.5) is 0 Å². The van der Waals surface area contributed by atoms with Crippen LogP contribution < -0.4 is 0 Å². The van der Waals surface area contributed by atoms with Crippen LogP contribution in [0.1, 0.15) is 11.1 Å². The summed E-state index contributed by atoms with van der Waals surface area (Å²) in [7, 11) is 0. The molecule has 9 nitrogen and oxygen atoms in total. The summed E-state index contributed by atoms with van der Waals surface area (Å²) in [4.78, 5) is 36.4. The molecule has 47 heavy (non-hydrogen) atoms. The SMILES string of the molecule is Cc1cc2nc(-c3ccc(-c4nc(-c5cccc(-c6cncnc6)c5)nc(-c5cccc(-c6ccncn6)c5)n4)cc3)oc2cc1C. The highest BCUT2D eigenvalue weighted by atomic mass is 16.3. The maximum Gasteiger partial charge on any atom is 0.227 e. The molecule has 0 aliphatic carbocycles. The minimum absolute atomic E-state index is 0.543. The largest absolute Gasteiger partial charge is 0.436 e. The minimum atomic E-state index is 0.543. The number of oxazole rings is 1. The van der Waals surface area contributed by atoms with E-state index in [9.17, 15) is 0 Å². The molecular formula is C38H26N8O. The summed E-state index contributed by atoms with van der Waals surface area (Å²) in [6.07, 6.45) is 8.36. The lowest BCUT2D eigenvalue weighted by Gasteiger charge is -2.10. The van der Waals surface area contributed by atoms with Crippen molar-refractivity contribution in [1.82, 2.24) is 39.9 Å². The van der Waals surface area contributed by atoms with Crippen LogP contribution in [0.5, 0.6) is 0 Å². The summed E-state index contributed by atoms with van der Waals surface area (Å²) in [6, 6.07) is 29.9. The highest BCUT2D eigenvalue weighted by Gasteiger charge is 2.15.